The van der Waals surface area contributed by atoms with Gasteiger partial charge in [-0.1, -0.05) is 0 Å². The summed E-state index contributed by atoms with van der Waals surface area (Å²) in [5.41, 5.74) is -0.374. The van der Waals surface area contributed by atoms with Crippen molar-refractivity contribution in [1.29, 1.82) is 0 Å². The fourth-order valence-electron chi connectivity index (χ4n) is 3.14. The van der Waals surface area contributed by atoms with Crippen molar-refractivity contribution in [2.45, 2.75) is 38.1 Å². The number of nitrogens with zero attached hydrogens (tertiary/aromatic N) is 3. The van der Waals surface area contributed by atoms with Gasteiger partial charge in [0.1, 0.15) is 11.4 Å². The molecule has 7 nitrogen and oxygen atoms in total. The van der Waals surface area contributed by atoms with Crippen LogP contribution in [0.25, 0.3) is 0 Å². The van der Waals surface area contributed by atoms with E-state index in [-0.39, 0.29) is 23.8 Å². The Morgan fingerprint density at radius 2 is 2.33 bits per heavy atom. The van der Waals surface area contributed by atoms with E-state index < -0.39 is 0 Å². The monoisotopic (exact) mass is 294 g/mol. The third kappa shape index (κ3) is 2.63. The van der Waals surface area contributed by atoms with Crippen LogP contribution in [0.2, 0.25) is 0 Å². The van der Waals surface area contributed by atoms with Gasteiger partial charge in [-0.2, -0.15) is 5.10 Å². The van der Waals surface area contributed by atoms with Crippen LogP contribution in [-0.4, -0.2) is 58.2 Å². The third-order valence-corrected chi connectivity index (χ3v) is 4.35. The van der Waals surface area contributed by atoms with Gasteiger partial charge in [-0.15, -0.1) is 0 Å². The van der Waals surface area contributed by atoms with Gasteiger partial charge in [0.2, 0.25) is 0 Å². The first-order valence-electron chi connectivity index (χ1n) is 7.33. The van der Waals surface area contributed by atoms with Crippen molar-refractivity contribution in [3.05, 3.63) is 12.3 Å². The average Bonchev–Trinajstić information content (AvgIpc) is 2.97. The number of nitrogens with one attached hydrogen (secondary N) is 1. The van der Waals surface area contributed by atoms with E-state index in [0.29, 0.717) is 25.5 Å². The Bertz CT molecular complexity index is 532. The van der Waals surface area contributed by atoms with Crippen LogP contribution < -0.4 is 5.32 Å². The highest BCUT2D eigenvalue weighted by molar-refractivity contribution is 5.88. The zero-order valence-corrected chi connectivity index (χ0v) is 12.7. The first-order valence-corrected chi connectivity index (χ1v) is 7.33. The van der Waals surface area contributed by atoms with Crippen LogP contribution in [0.4, 0.5) is 10.6 Å². The van der Waals surface area contributed by atoms with E-state index in [4.69, 9.17) is 9.47 Å². The largest absolute Gasteiger partial charge is 0.375 e. The molecule has 7 heteroatoms. The second-order valence-corrected chi connectivity index (χ2v) is 5.91. The molecule has 3 atom stereocenters. The molecule has 116 valence electrons. The van der Waals surface area contributed by atoms with Crippen LogP contribution in [0, 0.1) is 0 Å². The summed E-state index contributed by atoms with van der Waals surface area (Å²) < 4.78 is 13.4. The highest BCUT2D eigenvalue weighted by Gasteiger charge is 2.48. The maximum absolute atomic E-state index is 12.5. The molecule has 3 unspecified atom stereocenters. The number of rotatable bonds is 1. The average molecular weight is 294 g/mol. The molecule has 0 aliphatic carbocycles. The Hall–Kier alpha value is -1.60. The van der Waals surface area contributed by atoms with Crippen molar-refractivity contribution in [1.82, 2.24) is 14.7 Å². The molecule has 0 bridgehead atoms. The van der Waals surface area contributed by atoms with Crippen molar-refractivity contribution >= 4 is 11.8 Å². The summed E-state index contributed by atoms with van der Waals surface area (Å²) in [5, 5.41) is 6.94. The fourth-order valence-corrected chi connectivity index (χ4v) is 3.14. The van der Waals surface area contributed by atoms with Crippen molar-refractivity contribution in [2.75, 3.05) is 25.0 Å². The van der Waals surface area contributed by atoms with Crippen molar-refractivity contribution in [3.63, 3.8) is 0 Å². The first-order chi connectivity index (χ1) is 10.00. The van der Waals surface area contributed by atoms with Crippen molar-refractivity contribution in [2.24, 2.45) is 7.05 Å². The topological polar surface area (TPSA) is 68.6 Å². The first kappa shape index (κ1) is 14.3. The standard InChI is InChI=1S/C14H22N4O3/c1-10-8-18(9-14(21-10)5-7-20-11(14)2)13(19)16-12-4-6-15-17(12)3/h4,6,10-11H,5,7-9H2,1-3H3,(H,16,19). The van der Waals surface area contributed by atoms with Gasteiger partial charge in [0.05, 0.1) is 24.9 Å². The minimum absolute atomic E-state index is 0.000173. The maximum atomic E-state index is 12.5. The van der Waals surface area contributed by atoms with Crippen LogP contribution in [0.3, 0.4) is 0 Å². The number of urea groups is 1. The minimum Gasteiger partial charge on any atom is -0.375 e. The van der Waals surface area contributed by atoms with E-state index in [1.807, 2.05) is 18.7 Å². The van der Waals surface area contributed by atoms with E-state index in [9.17, 15) is 4.79 Å². The summed E-state index contributed by atoms with van der Waals surface area (Å²) in [6, 6.07) is 1.66. The Morgan fingerprint density at radius 1 is 1.52 bits per heavy atom. The Balaban J connectivity index is 1.72. The quantitative estimate of drug-likeness (QED) is 0.845. The number of amides is 2. The zero-order chi connectivity index (χ0) is 15.0. The molecule has 2 saturated heterocycles. The number of anilines is 1. The molecule has 1 N–H and O–H groups in total. The van der Waals surface area contributed by atoms with E-state index in [0.717, 1.165) is 6.42 Å². The van der Waals surface area contributed by atoms with Gasteiger partial charge in [-0.05, 0) is 13.8 Å². The summed E-state index contributed by atoms with van der Waals surface area (Å²) in [6.45, 7) is 5.84. The molecule has 0 saturated carbocycles. The normalized spacial score (nSPS) is 32.6. The zero-order valence-electron chi connectivity index (χ0n) is 12.7. The molecule has 1 aromatic rings. The highest BCUT2D eigenvalue weighted by atomic mass is 16.6. The molecule has 21 heavy (non-hydrogen) atoms. The molecule has 2 amide bonds. The third-order valence-electron chi connectivity index (χ3n) is 4.35. The van der Waals surface area contributed by atoms with Crippen LogP contribution >= 0.6 is 0 Å². The van der Waals surface area contributed by atoms with Crippen LogP contribution in [0.5, 0.6) is 0 Å². The number of carbonyl (C=O) groups is 1. The molecule has 1 spiro atoms. The SMILES string of the molecule is CC1CN(C(=O)Nc2ccnn2C)CC2(CCOC2C)O1. The van der Waals surface area contributed by atoms with Gasteiger partial charge in [0.15, 0.2) is 0 Å². The lowest BCUT2D eigenvalue weighted by atomic mass is 9.93. The van der Waals surface area contributed by atoms with Crippen molar-refractivity contribution < 1.29 is 14.3 Å². The highest BCUT2D eigenvalue weighted by Crippen LogP contribution is 2.35. The molecule has 3 heterocycles. The Morgan fingerprint density at radius 3 is 2.95 bits per heavy atom. The number of morpholine rings is 1. The number of aromatic nitrogens is 2. The number of hydrogen-bond acceptors (Lipinski definition) is 4. The van der Waals surface area contributed by atoms with Crippen LogP contribution in [-0.2, 0) is 16.5 Å². The molecule has 1 aromatic heterocycles. The van der Waals surface area contributed by atoms with Gasteiger partial charge in [-0.25, -0.2) is 4.79 Å². The van der Waals surface area contributed by atoms with Gasteiger partial charge >= 0.3 is 6.03 Å². The molecule has 2 aliphatic heterocycles. The van der Waals surface area contributed by atoms with E-state index in [1.54, 1.807) is 24.0 Å². The summed E-state index contributed by atoms with van der Waals surface area (Å²) in [6.07, 6.45) is 2.49. The van der Waals surface area contributed by atoms with Gasteiger partial charge < -0.3 is 14.4 Å². The van der Waals surface area contributed by atoms with Gasteiger partial charge in [0.25, 0.3) is 0 Å². The lowest BCUT2D eigenvalue weighted by Crippen LogP contribution is -2.60. The lowest BCUT2D eigenvalue weighted by Gasteiger charge is -2.44. The van der Waals surface area contributed by atoms with E-state index in [2.05, 4.69) is 10.4 Å². The van der Waals surface area contributed by atoms with Crippen LogP contribution in [0.15, 0.2) is 12.3 Å². The number of aryl methyl sites for hydroxylation is 1. The van der Waals surface area contributed by atoms with Gasteiger partial charge in [0, 0.05) is 32.7 Å². The van der Waals surface area contributed by atoms with Crippen LogP contribution in [0.1, 0.15) is 20.3 Å². The molecule has 0 aromatic carbocycles. The predicted octanol–water partition coefficient (Wildman–Crippen LogP) is 1.22. The van der Waals surface area contributed by atoms with Gasteiger partial charge in [-0.3, -0.25) is 10.00 Å². The summed E-state index contributed by atoms with van der Waals surface area (Å²) in [7, 11) is 1.80. The predicted molar refractivity (Wildman–Crippen MR) is 77.1 cm³/mol. The second kappa shape index (κ2) is 5.31. The van der Waals surface area contributed by atoms with Crippen molar-refractivity contribution in [3.8, 4) is 0 Å². The number of hydrogen-bond donors (Lipinski definition) is 1. The summed E-state index contributed by atoms with van der Waals surface area (Å²) >= 11 is 0. The second-order valence-electron chi connectivity index (χ2n) is 5.91. The molecule has 0 radical (unpaired) electrons. The van der Waals surface area contributed by atoms with E-state index in [1.165, 1.54) is 0 Å². The molecular formula is C14H22N4O3. The Kier molecular flexibility index (Phi) is 3.62. The maximum Gasteiger partial charge on any atom is 0.323 e. The molecule has 2 fully saturated rings. The minimum atomic E-state index is -0.374. The van der Waals surface area contributed by atoms with E-state index >= 15 is 0 Å². The number of carbonyl (C=O) groups excluding carboxylic acids is 1. The molecule has 2 aliphatic rings. The summed E-state index contributed by atoms with van der Waals surface area (Å²) in [4.78, 5) is 14.3. The molecular weight excluding hydrogens is 272 g/mol. The lowest BCUT2D eigenvalue weighted by molar-refractivity contribution is -0.159. The summed E-state index contributed by atoms with van der Waals surface area (Å²) in [5.74, 6) is 0.684. The smallest absolute Gasteiger partial charge is 0.323 e. The fraction of sp³-hybridized carbons (Fsp3) is 0.714. The Labute approximate surface area is 124 Å². The molecule has 3 rings (SSSR count). The number of ether oxygens (including phenoxy) is 2.